The highest BCUT2D eigenvalue weighted by Gasteiger charge is 2.19. The molecule has 0 amide bonds. The Kier molecular flexibility index (Phi) is 5.84. The largest absolute Gasteiger partial charge is 0.293 e. The van der Waals surface area contributed by atoms with Crippen molar-refractivity contribution in [2.45, 2.75) is 38.1 Å². The Balaban J connectivity index is 2.12. The van der Waals surface area contributed by atoms with Gasteiger partial charge in [0.15, 0.2) is 10.9 Å². The summed E-state index contributed by atoms with van der Waals surface area (Å²) in [6.45, 7) is 7.63. The molecular weight excluding hydrogens is 358 g/mol. The Morgan fingerprint density at radius 3 is 2.08 bits per heavy atom. The van der Waals surface area contributed by atoms with E-state index in [1.165, 1.54) is 11.8 Å². The fourth-order valence-electron chi connectivity index (χ4n) is 2.16. The normalized spacial score (nSPS) is 12.7. The number of sulfonamides is 1. The van der Waals surface area contributed by atoms with Crippen LogP contribution in [0.5, 0.6) is 0 Å². The first kappa shape index (κ1) is 19.4. The third kappa shape index (κ3) is 5.27. The molecule has 2 rings (SSSR count). The second-order valence-corrected chi connectivity index (χ2v) is 8.93. The van der Waals surface area contributed by atoms with Crippen LogP contribution in [0.2, 0.25) is 0 Å². The van der Waals surface area contributed by atoms with Crippen LogP contribution in [0.25, 0.3) is 0 Å². The van der Waals surface area contributed by atoms with Crippen molar-refractivity contribution < 1.29 is 13.2 Å². The lowest BCUT2D eigenvalue weighted by atomic mass is 10.1. The lowest BCUT2D eigenvalue weighted by Crippen LogP contribution is -2.15. The number of anilines is 1. The van der Waals surface area contributed by atoms with Crippen LogP contribution >= 0.6 is 11.8 Å². The molecule has 0 aliphatic heterocycles. The zero-order valence-electron chi connectivity index (χ0n) is 14.8. The number of aryl methyl sites for hydroxylation is 2. The maximum Gasteiger partial charge on any atom is 0.229 e. The van der Waals surface area contributed by atoms with Crippen molar-refractivity contribution >= 4 is 33.3 Å². The minimum absolute atomic E-state index is 0.0598. The van der Waals surface area contributed by atoms with Crippen LogP contribution in [0.1, 0.15) is 34.2 Å². The number of aromatic nitrogens is 2. The summed E-state index contributed by atoms with van der Waals surface area (Å²) in [6.07, 6.45) is 1.08. The molecule has 1 atom stereocenters. The monoisotopic (exact) mass is 379 g/mol. The summed E-state index contributed by atoms with van der Waals surface area (Å²) < 4.78 is 24.8. The van der Waals surface area contributed by atoms with Gasteiger partial charge >= 0.3 is 0 Å². The highest BCUT2D eigenvalue weighted by molar-refractivity contribution is 8.00. The van der Waals surface area contributed by atoms with Gasteiger partial charge in [-0.25, -0.2) is 18.4 Å². The number of hydrogen-bond acceptors (Lipinski definition) is 6. The molecule has 0 spiro atoms. The number of carbonyl (C=O) groups excluding carboxylic acids is 1. The van der Waals surface area contributed by atoms with Crippen LogP contribution in [0.3, 0.4) is 0 Å². The minimum atomic E-state index is -3.33. The Morgan fingerprint density at radius 2 is 1.60 bits per heavy atom. The molecule has 0 fully saturated rings. The van der Waals surface area contributed by atoms with E-state index in [-0.39, 0.29) is 11.0 Å². The van der Waals surface area contributed by atoms with Gasteiger partial charge in [0.25, 0.3) is 0 Å². The van der Waals surface area contributed by atoms with Crippen molar-refractivity contribution in [2.75, 3.05) is 11.0 Å². The molecule has 6 nitrogen and oxygen atoms in total. The predicted molar refractivity (Wildman–Crippen MR) is 101 cm³/mol. The van der Waals surface area contributed by atoms with Crippen LogP contribution in [0.15, 0.2) is 29.4 Å². The van der Waals surface area contributed by atoms with E-state index in [1.807, 2.05) is 27.7 Å². The van der Waals surface area contributed by atoms with Gasteiger partial charge in [0, 0.05) is 22.6 Å². The number of nitrogens with one attached hydrogen (secondary N) is 1. The van der Waals surface area contributed by atoms with Crippen LogP contribution in [0, 0.1) is 20.8 Å². The molecule has 0 radical (unpaired) electrons. The summed E-state index contributed by atoms with van der Waals surface area (Å²) in [5.41, 5.74) is 3.81. The number of thioether (sulfide) groups is 1. The molecule has 0 aliphatic rings. The molecule has 0 saturated heterocycles. The topological polar surface area (TPSA) is 89.0 Å². The summed E-state index contributed by atoms with van der Waals surface area (Å²) in [6, 6.07) is 6.36. The summed E-state index contributed by atoms with van der Waals surface area (Å²) in [5, 5.41) is 0.229. The molecule has 1 N–H and O–H groups in total. The van der Waals surface area contributed by atoms with Crippen molar-refractivity contribution in [1.29, 1.82) is 0 Å². The molecule has 0 saturated carbocycles. The highest BCUT2D eigenvalue weighted by atomic mass is 32.2. The molecule has 1 aromatic carbocycles. The fourth-order valence-corrected chi connectivity index (χ4v) is 3.66. The lowest BCUT2D eigenvalue weighted by molar-refractivity contribution is 0.0994. The second-order valence-electron chi connectivity index (χ2n) is 5.88. The van der Waals surface area contributed by atoms with E-state index < -0.39 is 10.0 Å². The van der Waals surface area contributed by atoms with E-state index in [0.717, 1.165) is 23.2 Å². The summed E-state index contributed by atoms with van der Waals surface area (Å²) >= 11 is 1.31. The van der Waals surface area contributed by atoms with Gasteiger partial charge in [-0.3, -0.25) is 9.52 Å². The van der Waals surface area contributed by atoms with Crippen LogP contribution in [0.4, 0.5) is 5.69 Å². The van der Waals surface area contributed by atoms with E-state index in [2.05, 4.69) is 14.7 Å². The van der Waals surface area contributed by atoms with Crippen molar-refractivity contribution in [3.05, 3.63) is 46.8 Å². The molecule has 25 heavy (non-hydrogen) atoms. The molecule has 1 heterocycles. The molecule has 0 aliphatic carbocycles. The number of carbonyl (C=O) groups is 1. The zero-order chi connectivity index (χ0) is 18.8. The molecule has 1 aromatic heterocycles. The quantitative estimate of drug-likeness (QED) is 0.471. The van der Waals surface area contributed by atoms with Crippen LogP contribution in [-0.2, 0) is 10.0 Å². The molecule has 134 valence electrons. The number of Topliss-reactive ketones (excluding diaryl/α,β-unsaturated/α-hetero) is 1. The lowest BCUT2D eigenvalue weighted by Gasteiger charge is -2.12. The van der Waals surface area contributed by atoms with E-state index >= 15 is 0 Å². The average Bonchev–Trinajstić information content (AvgIpc) is 2.51. The molecule has 2 aromatic rings. The molecule has 8 heteroatoms. The minimum Gasteiger partial charge on any atom is -0.293 e. The summed E-state index contributed by atoms with van der Waals surface area (Å²) in [7, 11) is -3.33. The predicted octanol–water partition coefficient (Wildman–Crippen LogP) is 3.14. The van der Waals surface area contributed by atoms with Crippen LogP contribution in [-0.4, -0.2) is 35.7 Å². The highest BCUT2D eigenvalue weighted by Crippen LogP contribution is 2.25. The third-order valence-electron chi connectivity index (χ3n) is 3.74. The van der Waals surface area contributed by atoms with Crippen molar-refractivity contribution in [1.82, 2.24) is 9.97 Å². The van der Waals surface area contributed by atoms with Gasteiger partial charge in [0.1, 0.15) is 0 Å². The van der Waals surface area contributed by atoms with Crippen LogP contribution < -0.4 is 4.72 Å². The Bertz CT molecular complexity index is 871. The first-order chi connectivity index (χ1) is 11.6. The number of hydrogen-bond donors (Lipinski definition) is 1. The number of ketones is 1. The van der Waals surface area contributed by atoms with E-state index in [9.17, 15) is 13.2 Å². The van der Waals surface area contributed by atoms with Crippen molar-refractivity contribution in [3.8, 4) is 0 Å². The number of benzene rings is 1. The summed E-state index contributed by atoms with van der Waals surface area (Å²) in [5.74, 6) is -0.0598. The molecular formula is C17H21N3O3S2. The van der Waals surface area contributed by atoms with Gasteiger partial charge < -0.3 is 0 Å². The number of rotatable bonds is 6. The van der Waals surface area contributed by atoms with Crippen molar-refractivity contribution in [3.63, 3.8) is 0 Å². The van der Waals surface area contributed by atoms with E-state index in [4.69, 9.17) is 0 Å². The average molecular weight is 380 g/mol. The van der Waals surface area contributed by atoms with Gasteiger partial charge in [-0.1, -0.05) is 11.8 Å². The maximum absolute atomic E-state index is 12.6. The van der Waals surface area contributed by atoms with Gasteiger partial charge in [-0.2, -0.15) is 0 Å². The van der Waals surface area contributed by atoms with Gasteiger partial charge in [0.2, 0.25) is 10.0 Å². The molecule has 0 unspecified atom stereocenters. The second kappa shape index (κ2) is 7.53. The Hall–Kier alpha value is -1.93. The first-order valence-corrected chi connectivity index (χ1v) is 10.4. The summed E-state index contributed by atoms with van der Waals surface area (Å²) in [4.78, 5) is 21.4. The maximum atomic E-state index is 12.6. The Labute approximate surface area is 152 Å². The van der Waals surface area contributed by atoms with E-state index in [0.29, 0.717) is 16.4 Å². The van der Waals surface area contributed by atoms with Crippen molar-refractivity contribution in [2.24, 2.45) is 0 Å². The van der Waals surface area contributed by atoms with Gasteiger partial charge in [0.05, 0.1) is 11.5 Å². The van der Waals surface area contributed by atoms with Gasteiger partial charge in [-0.15, -0.1) is 0 Å². The third-order valence-corrected chi connectivity index (χ3v) is 5.30. The fraction of sp³-hybridized carbons (Fsp3) is 0.353. The Morgan fingerprint density at radius 1 is 1.08 bits per heavy atom. The SMILES string of the molecule is Cc1nc(S[C@H](C)C(=O)c2ccc(NS(C)(=O)=O)cc2)nc(C)c1C. The van der Waals surface area contributed by atoms with E-state index in [1.54, 1.807) is 24.3 Å². The smallest absolute Gasteiger partial charge is 0.229 e. The standard InChI is InChI=1S/C17H21N3O3S2/c1-10-11(2)18-17(19-12(10)3)24-13(4)16(21)14-6-8-15(9-7-14)20-25(5,22)23/h6-9,13,20H,1-5H3/t13-/m1/s1. The zero-order valence-corrected chi connectivity index (χ0v) is 16.5. The molecule has 0 bridgehead atoms. The number of nitrogens with zero attached hydrogens (tertiary/aromatic N) is 2. The first-order valence-electron chi connectivity index (χ1n) is 7.67. The van der Waals surface area contributed by atoms with Gasteiger partial charge in [-0.05, 0) is 57.5 Å².